The van der Waals surface area contributed by atoms with Crippen LogP contribution in [0.25, 0.3) is 0 Å². The minimum Gasteiger partial charge on any atom is -0.304 e. The lowest BCUT2D eigenvalue weighted by atomic mass is 10.0. The van der Waals surface area contributed by atoms with Gasteiger partial charge in [-0.25, -0.2) is 0 Å². The molecule has 1 fully saturated rings. The molecule has 0 saturated carbocycles. The first-order chi connectivity index (χ1) is 12.2. The highest BCUT2D eigenvalue weighted by Gasteiger charge is 2.10. The van der Waals surface area contributed by atoms with Crippen molar-refractivity contribution >= 4 is 0 Å². The van der Waals surface area contributed by atoms with Gasteiger partial charge in [0.15, 0.2) is 0 Å². The van der Waals surface area contributed by atoms with E-state index in [1.165, 1.54) is 123 Å². The molecule has 152 valence electrons. The zero-order valence-corrected chi connectivity index (χ0v) is 18.3. The average Bonchev–Trinajstić information content (AvgIpc) is 2.64. The van der Waals surface area contributed by atoms with Crippen molar-refractivity contribution in [1.82, 2.24) is 9.80 Å². The Bertz CT molecular complexity index is 220. The van der Waals surface area contributed by atoms with E-state index in [9.17, 15) is 0 Å². The molecule has 0 radical (unpaired) electrons. The zero-order valence-electron chi connectivity index (χ0n) is 18.3. The quantitative estimate of drug-likeness (QED) is 0.319. The number of likely N-dealkylation sites (N-methyl/N-ethyl adjacent to an activating group) is 2. The summed E-state index contributed by atoms with van der Waals surface area (Å²) in [5.74, 6) is 0. The minimum absolute atomic E-state index is 1.22. The fourth-order valence-electron chi connectivity index (χ4n) is 3.43. The second-order valence-electron chi connectivity index (χ2n) is 7.98. The molecule has 0 aliphatic carbocycles. The Morgan fingerprint density at radius 3 is 1.08 bits per heavy atom. The van der Waals surface area contributed by atoms with E-state index in [1.54, 1.807) is 0 Å². The first kappa shape index (κ1) is 24.9. The summed E-state index contributed by atoms with van der Waals surface area (Å²) < 4.78 is 0. The monoisotopic (exact) mass is 354 g/mol. The van der Waals surface area contributed by atoms with Crippen molar-refractivity contribution in [3.8, 4) is 0 Å². The molecule has 1 saturated heterocycles. The molecule has 0 aromatic heterocycles. The van der Waals surface area contributed by atoms with Crippen molar-refractivity contribution in [1.29, 1.82) is 0 Å². The van der Waals surface area contributed by atoms with Gasteiger partial charge in [-0.2, -0.15) is 0 Å². The van der Waals surface area contributed by atoms with Crippen molar-refractivity contribution in [2.45, 2.75) is 111 Å². The molecule has 2 heteroatoms. The standard InChI is InChI=1S/C16H34.C7H16N2/c1-3-5-7-9-11-13-15-16-14-12-10-8-6-4-2;1-3-9-6-4-8(2)5-7-9/h3-16H2,1-2H3;3-7H2,1-2H3. The maximum Gasteiger partial charge on any atom is 0.0110 e. The van der Waals surface area contributed by atoms with E-state index in [2.05, 4.69) is 37.6 Å². The molecule has 1 rings (SSSR count). The van der Waals surface area contributed by atoms with E-state index in [0.717, 1.165) is 0 Å². The van der Waals surface area contributed by atoms with Crippen molar-refractivity contribution in [2.75, 3.05) is 39.8 Å². The van der Waals surface area contributed by atoms with Gasteiger partial charge in [-0.3, -0.25) is 0 Å². The average molecular weight is 355 g/mol. The first-order valence-corrected chi connectivity index (χ1v) is 11.6. The third kappa shape index (κ3) is 18.5. The van der Waals surface area contributed by atoms with Gasteiger partial charge < -0.3 is 9.80 Å². The summed E-state index contributed by atoms with van der Waals surface area (Å²) in [6.07, 6.45) is 20.4. The van der Waals surface area contributed by atoms with Crippen LogP contribution in [0.15, 0.2) is 0 Å². The lowest BCUT2D eigenvalue weighted by Gasteiger charge is -2.31. The van der Waals surface area contributed by atoms with Crippen LogP contribution in [-0.4, -0.2) is 49.6 Å². The molecular formula is C23H50N2. The maximum atomic E-state index is 2.49. The summed E-state index contributed by atoms with van der Waals surface area (Å²) in [6, 6.07) is 0. The SMILES string of the molecule is CCCCCCCCCCCCCCCC.CCN1CCN(C)CC1. The molecule has 1 aliphatic rings. The van der Waals surface area contributed by atoms with Crippen molar-refractivity contribution < 1.29 is 0 Å². The van der Waals surface area contributed by atoms with Gasteiger partial charge in [0, 0.05) is 26.2 Å². The fraction of sp³-hybridized carbons (Fsp3) is 1.00. The van der Waals surface area contributed by atoms with Crippen LogP contribution in [0.2, 0.25) is 0 Å². The number of rotatable bonds is 14. The fourth-order valence-corrected chi connectivity index (χ4v) is 3.43. The second-order valence-corrected chi connectivity index (χ2v) is 7.98. The van der Waals surface area contributed by atoms with Gasteiger partial charge in [0.05, 0.1) is 0 Å². The summed E-state index contributed by atoms with van der Waals surface area (Å²) in [7, 11) is 2.19. The lowest BCUT2D eigenvalue weighted by Crippen LogP contribution is -2.44. The Hall–Kier alpha value is -0.0800. The highest BCUT2D eigenvalue weighted by atomic mass is 15.2. The van der Waals surface area contributed by atoms with Gasteiger partial charge in [-0.05, 0) is 13.6 Å². The molecular weight excluding hydrogens is 304 g/mol. The minimum atomic E-state index is 1.22. The predicted molar refractivity (Wildman–Crippen MR) is 116 cm³/mol. The molecule has 2 nitrogen and oxygen atoms in total. The van der Waals surface area contributed by atoms with Crippen LogP contribution in [0.3, 0.4) is 0 Å². The summed E-state index contributed by atoms with van der Waals surface area (Å²) in [4.78, 5) is 4.87. The van der Waals surface area contributed by atoms with Crippen LogP contribution >= 0.6 is 0 Å². The Kier molecular flexibility index (Phi) is 20.2. The lowest BCUT2D eigenvalue weighted by molar-refractivity contribution is 0.160. The van der Waals surface area contributed by atoms with Crippen LogP contribution < -0.4 is 0 Å². The normalized spacial score (nSPS) is 15.8. The summed E-state index contributed by atoms with van der Waals surface area (Å²) in [6.45, 7) is 13.0. The number of unbranched alkanes of at least 4 members (excludes halogenated alkanes) is 13. The largest absolute Gasteiger partial charge is 0.304 e. The van der Waals surface area contributed by atoms with Crippen molar-refractivity contribution in [3.63, 3.8) is 0 Å². The summed E-state index contributed by atoms with van der Waals surface area (Å²) in [5.41, 5.74) is 0. The van der Waals surface area contributed by atoms with Crippen LogP contribution in [0, 0.1) is 0 Å². The highest BCUT2D eigenvalue weighted by Crippen LogP contribution is 2.12. The van der Waals surface area contributed by atoms with Gasteiger partial charge in [0.2, 0.25) is 0 Å². The van der Waals surface area contributed by atoms with Crippen LogP contribution in [-0.2, 0) is 0 Å². The molecule has 1 heterocycles. The Morgan fingerprint density at radius 1 is 0.480 bits per heavy atom. The van der Waals surface area contributed by atoms with E-state index in [1.807, 2.05) is 0 Å². The van der Waals surface area contributed by atoms with E-state index < -0.39 is 0 Å². The van der Waals surface area contributed by atoms with E-state index in [4.69, 9.17) is 0 Å². The van der Waals surface area contributed by atoms with Crippen molar-refractivity contribution in [2.24, 2.45) is 0 Å². The molecule has 0 amide bonds. The van der Waals surface area contributed by atoms with Crippen molar-refractivity contribution in [3.05, 3.63) is 0 Å². The molecule has 0 bridgehead atoms. The highest BCUT2D eigenvalue weighted by molar-refractivity contribution is 4.67. The zero-order chi connectivity index (χ0) is 18.6. The smallest absolute Gasteiger partial charge is 0.0110 e. The van der Waals surface area contributed by atoms with E-state index >= 15 is 0 Å². The third-order valence-corrected chi connectivity index (χ3v) is 5.50. The van der Waals surface area contributed by atoms with E-state index in [0.29, 0.717) is 0 Å². The number of hydrogen-bond donors (Lipinski definition) is 0. The molecule has 0 N–H and O–H groups in total. The number of nitrogens with zero attached hydrogens (tertiary/aromatic N) is 2. The molecule has 1 aliphatic heterocycles. The molecule has 0 atom stereocenters. The number of hydrogen-bond acceptors (Lipinski definition) is 2. The van der Waals surface area contributed by atoms with Crippen LogP contribution in [0.1, 0.15) is 111 Å². The molecule has 0 aromatic carbocycles. The summed E-state index contributed by atoms with van der Waals surface area (Å²) >= 11 is 0. The van der Waals surface area contributed by atoms with Crippen LogP contribution in [0.5, 0.6) is 0 Å². The Labute approximate surface area is 160 Å². The van der Waals surface area contributed by atoms with Gasteiger partial charge >= 0.3 is 0 Å². The molecule has 0 aromatic rings. The second kappa shape index (κ2) is 20.2. The molecule has 25 heavy (non-hydrogen) atoms. The van der Waals surface area contributed by atoms with Gasteiger partial charge in [-0.1, -0.05) is 111 Å². The molecule has 0 unspecified atom stereocenters. The van der Waals surface area contributed by atoms with Gasteiger partial charge in [0.25, 0.3) is 0 Å². The van der Waals surface area contributed by atoms with Gasteiger partial charge in [0.1, 0.15) is 0 Å². The third-order valence-electron chi connectivity index (χ3n) is 5.50. The van der Waals surface area contributed by atoms with E-state index in [-0.39, 0.29) is 0 Å². The first-order valence-electron chi connectivity index (χ1n) is 11.6. The molecule has 0 spiro atoms. The number of piperazine rings is 1. The Morgan fingerprint density at radius 2 is 0.800 bits per heavy atom. The van der Waals surface area contributed by atoms with Crippen LogP contribution in [0.4, 0.5) is 0 Å². The summed E-state index contributed by atoms with van der Waals surface area (Å²) in [5, 5.41) is 0. The topological polar surface area (TPSA) is 6.48 Å². The predicted octanol–water partition coefficient (Wildman–Crippen LogP) is 6.74. The van der Waals surface area contributed by atoms with Gasteiger partial charge in [-0.15, -0.1) is 0 Å². The maximum absolute atomic E-state index is 2.49. The Balaban J connectivity index is 0.000000535.